The first kappa shape index (κ1) is 40.3. The van der Waals surface area contributed by atoms with Gasteiger partial charge in [-0.25, -0.2) is 19.8 Å². The Bertz CT molecular complexity index is 2120. The molecule has 2 aromatic carbocycles. The van der Waals surface area contributed by atoms with Gasteiger partial charge in [0.2, 0.25) is 6.40 Å². The number of carbonyl (C=O) groups is 2. The highest BCUT2D eigenvalue weighted by Gasteiger charge is 2.39. The summed E-state index contributed by atoms with van der Waals surface area (Å²) < 4.78 is 10.3. The molecule has 18 nitrogen and oxygen atoms in total. The predicted octanol–water partition coefficient (Wildman–Crippen LogP) is 4.35. The van der Waals surface area contributed by atoms with Gasteiger partial charge in [0.25, 0.3) is 5.91 Å². The van der Waals surface area contributed by atoms with E-state index in [9.17, 15) is 14.7 Å². The number of H-pyrrole nitrogens is 3. The number of imidazole rings is 2. The normalized spacial score (nSPS) is 19.3. The van der Waals surface area contributed by atoms with Crippen molar-refractivity contribution in [2.45, 2.75) is 75.5 Å². The molecule has 5 aromatic rings. The van der Waals surface area contributed by atoms with Crippen LogP contribution in [0.3, 0.4) is 0 Å². The molecule has 1 unspecified atom stereocenters. The van der Waals surface area contributed by atoms with Gasteiger partial charge in [0, 0.05) is 32.8 Å². The molecular formula is C40H49N11O7. The third-order valence-electron chi connectivity index (χ3n) is 10.9. The fraction of sp³-hybridized carbons (Fsp3) is 0.425. The first-order chi connectivity index (χ1) is 28.3. The van der Waals surface area contributed by atoms with Crippen molar-refractivity contribution in [3.63, 3.8) is 0 Å². The van der Waals surface area contributed by atoms with Gasteiger partial charge in [-0.1, -0.05) is 53.7 Å². The first-order valence-corrected chi connectivity index (χ1v) is 19.3. The van der Waals surface area contributed by atoms with Crippen molar-refractivity contribution in [1.82, 2.24) is 50.5 Å². The Labute approximate surface area is 335 Å². The van der Waals surface area contributed by atoms with Crippen LogP contribution in [0.15, 0.2) is 72.1 Å². The van der Waals surface area contributed by atoms with E-state index >= 15 is 0 Å². The molecule has 7 rings (SSSR count). The van der Waals surface area contributed by atoms with Gasteiger partial charge in [-0.3, -0.25) is 14.8 Å². The average molecular weight is 796 g/mol. The molecule has 2 aliphatic heterocycles. The van der Waals surface area contributed by atoms with Gasteiger partial charge in [-0.2, -0.15) is 4.89 Å². The minimum Gasteiger partial charge on any atom is -0.453 e. The zero-order valence-electron chi connectivity index (χ0n) is 32.9. The zero-order valence-corrected chi connectivity index (χ0v) is 32.9. The van der Waals surface area contributed by atoms with Crippen molar-refractivity contribution in [2.24, 2.45) is 4.99 Å². The number of hydrogen-bond acceptors (Lipinski definition) is 13. The number of aromatic amines is 3. The van der Waals surface area contributed by atoms with Crippen LogP contribution >= 0.6 is 0 Å². The number of amides is 2. The molecule has 5 heterocycles. The number of carbonyl (C=O) groups excluding carboxylic acids is 2. The van der Waals surface area contributed by atoms with E-state index < -0.39 is 30.5 Å². The molecule has 2 saturated heterocycles. The van der Waals surface area contributed by atoms with Gasteiger partial charge in [0.15, 0.2) is 6.04 Å². The summed E-state index contributed by atoms with van der Waals surface area (Å²) in [5, 5.41) is 24.7. The van der Waals surface area contributed by atoms with E-state index in [1.165, 1.54) is 14.2 Å². The number of benzene rings is 2. The second kappa shape index (κ2) is 18.5. The molecule has 0 bridgehead atoms. The van der Waals surface area contributed by atoms with E-state index in [0.717, 1.165) is 77.4 Å². The highest BCUT2D eigenvalue weighted by atomic mass is 17.2. The van der Waals surface area contributed by atoms with Gasteiger partial charge in [-0.15, -0.1) is 5.10 Å². The molecule has 306 valence electrons. The topological polar surface area (TPSA) is 221 Å². The highest BCUT2D eigenvalue weighted by Crippen LogP contribution is 2.35. The Hall–Kier alpha value is -5.95. The number of likely N-dealkylation sites (tertiary alicyclic amines) is 2. The second-order valence-corrected chi connectivity index (χ2v) is 14.3. The Kier molecular flexibility index (Phi) is 12.9. The maximum absolute atomic E-state index is 13.6. The monoisotopic (exact) mass is 795 g/mol. The summed E-state index contributed by atoms with van der Waals surface area (Å²) in [6.07, 6.45) is 7.80. The van der Waals surface area contributed by atoms with Crippen molar-refractivity contribution >= 4 is 18.4 Å². The van der Waals surface area contributed by atoms with E-state index in [1.54, 1.807) is 26.4 Å². The van der Waals surface area contributed by atoms with Crippen LogP contribution in [0.4, 0.5) is 4.79 Å². The Morgan fingerprint density at radius 3 is 2.10 bits per heavy atom. The molecule has 2 aliphatic rings. The summed E-state index contributed by atoms with van der Waals surface area (Å²) in [5.74, 6) is 1.30. The van der Waals surface area contributed by atoms with Gasteiger partial charge >= 0.3 is 6.09 Å². The molecule has 18 heteroatoms. The summed E-state index contributed by atoms with van der Waals surface area (Å²) in [4.78, 5) is 59.5. The molecule has 6 atom stereocenters. The Balaban J connectivity index is 0.996. The van der Waals surface area contributed by atoms with Gasteiger partial charge in [-0.05, 0) is 54.9 Å². The minimum atomic E-state index is -1.02. The Morgan fingerprint density at radius 2 is 1.52 bits per heavy atom. The fourth-order valence-corrected chi connectivity index (χ4v) is 7.74. The third kappa shape index (κ3) is 8.94. The lowest BCUT2D eigenvalue weighted by molar-refractivity contribution is -0.188. The number of hydrogen-bond donors (Lipinski definition) is 5. The summed E-state index contributed by atoms with van der Waals surface area (Å²) in [5.41, 5.74) is 6.39. The number of methoxy groups -OCH3 is 2. The number of nitrogens with zero attached hydrogens (tertiary/aromatic N) is 7. The maximum atomic E-state index is 13.6. The van der Waals surface area contributed by atoms with E-state index in [1.807, 2.05) is 16.0 Å². The quantitative estimate of drug-likeness (QED) is 0.0407. The number of alkyl carbamates (subject to hydrolysis) is 1. The van der Waals surface area contributed by atoms with Crippen molar-refractivity contribution in [3.05, 3.63) is 84.5 Å². The molecule has 2 amide bonds. The number of aliphatic hydroxyl groups excluding tert-OH is 1. The van der Waals surface area contributed by atoms with Crippen LogP contribution in [0, 0.1) is 0 Å². The number of aliphatic imine (C=N–C) groups is 1. The maximum Gasteiger partial charge on any atom is 0.407 e. The smallest absolute Gasteiger partial charge is 0.407 e. The second-order valence-electron chi connectivity index (χ2n) is 14.3. The van der Waals surface area contributed by atoms with E-state index in [0.29, 0.717) is 18.8 Å². The number of ether oxygens (including phenoxy) is 2. The van der Waals surface area contributed by atoms with Crippen LogP contribution in [0.1, 0.15) is 62.0 Å². The molecule has 0 radical (unpaired) electrons. The molecule has 3 aromatic heterocycles. The number of nitrogens with one attached hydrogen (secondary N) is 4. The van der Waals surface area contributed by atoms with E-state index in [2.05, 4.69) is 94.1 Å². The van der Waals surface area contributed by atoms with Crippen LogP contribution < -0.4 is 5.32 Å². The van der Waals surface area contributed by atoms with Crippen LogP contribution in [0.5, 0.6) is 0 Å². The molecule has 2 fully saturated rings. The lowest BCUT2D eigenvalue weighted by Crippen LogP contribution is -2.52. The summed E-state index contributed by atoms with van der Waals surface area (Å²) >= 11 is 0. The standard InChI is InChI=1S/C40H49N11O7/c1-24(55-2)35(43-23-58-57-4)39(53)51-18-6-8-34(51)37-42-22-32(46-37)28-15-11-26(12-16-28)25-9-13-27(14-10-25)31-21-41-36(45-31)33-7-5-17-50(33)38(52)30(47-40(54)56-3)19-29-20-44-49-48-29/h9-16,20-24,30,33-35,38,52H,5-8,17-19H2,1-4H3,(H,41,45)(H,42,46)(H,47,54)(H,44,48,49)/b43-23-/t24-,30-,33+,34+,35+,38?/m1/s1. The van der Waals surface area contributed by atoms with Crippen LogP contribution in [0.25, 0.3) is 33.6 Å². The minimum absolute atomic E-state index is 0.162. The molecule has 0 aliphatic carbocycles. The van der Waals surface area contributed by atoms with Crippen molar-refractivity contribution in [2.75, 3.05) is 34.4 Å². The fourth-order valence-electron chi connectivity index (χ4n) is 7.74. The third-order valence-corrected chi connectivity index (χ3v) is 10.9. The molecule has 0 spiro atoms. The van der Waals surface area contributed by atoms with Crippen molar-refractivity contribution in [1.29, 1.82) is 0 Å². The van der Waals surface area contributed by atoms with Gasteiger partial charge in [0.1, 0.15) is 17.9 Å². The van der Waals surface area contributed by atoms with Crippen LogP contribution in [-0.2, 0) is 30.5 Å². The summed E-state index contributed by atoms with van der Waals surface area (Å²) in [6, 6.07) is 14.7. The first-order valence-electron chi connectivity index (χ1n) is 19.3. The van der Waals surface area contributed by atoms with Gasteiger partial charge in [0.05, 0.1) is 67.9 Å². The molecule has 58 heavy (non-hydrogen) atoms. The lowest BCUT2D eigenvalue weighted by atomic mass is 10.0. The van der Waals surface area contributed by atoms with Crippen LogP contribution in [-0.4, -0.2) is 127 Å². The van der Waals surface area contributed by atoms with Crippen molar-refractivity contribution < 1.29 is 33.9 Å². The lowest BCUT2D eigenvalue weighted by Gasteiger charge is -2.33. The highest BCUT2D eigenvalue weighted by molar-refractivity contribution is 5.84. The number of aromatic nitrogens is 7. The van der Waals surface area contributed by atoms with Crippen LogP contribution in [0.2, 0.25) is 0 Å². The molecular weight excluding hydrogens is 747 g/mol. The Morgan fingerprint density at radius 1 is 0.914 bits per heavy atom. The number of rotatable bonds is 16. The van der Waals surface area contributed by atoms with Gasteiger partial charge < -0.3 is 39.7 Å². The van der Waals surface area contributed by atoms with Crippen molar-refractivity contribution in [3.8, 4) is 33.6 Å². The SMILES string of the molecule is COO/C=N\[C@H](C(=O)N1CCC[C@H]1c1ncc(-c2ccc(-c3ccc(-c4cnc([C@@H]5CCCN5C(O)[C@@H](Cc5c[nH]nn5)NC(=O)OC)[nH]4)cc3)cc2)[nH]1)[C@@H](C)OC. The van der Waals surface area contributed by atoms with E-state index in [-0.39, 0.29) is 24.4 Å². The average Bonchev–Trinajstić information content (AvgIpc) is 4.11. The molecule has 5 N–H and O–H groups in total. The largest absolute Gasteiger partial charge is 0.453 e. The number of aliphatic hydroxyl groups is 1. The zero-order chi connectivity index (χ0) is 40.6. The van der Waals surface area contributed by atoms with E-state index in [4.69, 9.17) is 19.3 Å². The summed E-state index contributed by atoms with van der Waals surface area (Å²) in [6.45, 7) is 3.02. The predicted molar refractivity (Wildman–Crippen MR) is 212 cm³/mol. The summed E-state index contributed by atoms with van der Waals surface area (Å²) in [7, 11) is 4.20. The molecule has 0 saturated carbocycles.